The number of fused-ring (bicyclic) bond motifs is 3. The van der Waals surface area contributed by atoms with E-state index in [-0.39, 0.29) is 24.2 Å². The number of phenols is 1. The number of benzene rings is 4. The maximum absolute atomic E-state index is 14.0. The second kappa shape index (κ2) is 16.7. The monoisotopic (exact) mass is 836 g/mol. The van der Waals surface area contributed by atoms with Crippen LogP contribution in [0.1, 0.15) is 63.3 Å². The smallest absolute Gasteiger partial charge is 0.354 e. The molecule has 0 unspecified atom stereocenters. The summed E-state index contributed by atoms with van der Waals surface area (Å²) in [4.78, 5) is 16.5. The third kappa shape index (κ3) is 7.68. The van der Waals surface area contributed by atoms with Crippen LogP contribution in [0.5, 0.6) is 11.5 Å². The number of phenolic OH excluding ortho intramolecular Hbond substituents is 1. The molecule has 0 aliphatic carbocycles. The molecule has 4 heterocycles. The molecule has 59 heavy (non-hydrogen) atoms. The van der Waals surface area contributed by atoms with Crippen molar-refractivity contribution in [3.8, 4) is 22.6 Å². The molecule has 0 radical (unpaired) electrons. The van der Waals surface area contributed by atoms with Gasteiger partial charge < -0.3 is 24.3 Å². The number of halogens is 2. The number of carbonyl (C=O) groups is 1. The number of thioether (sulfide) groups is 1. The minimum atomic E-state index is -0.446. The molecule has 306 valence electrons. The highest BCUT2D eigenvalue weighted by Crippen LogP contribution is 2.47. The van der Waals surface area contributed by atoms with Gasteiger partial charge in [-0.2, -0.15) is 10.2 Å². The van der Waals surface area contributed by atoms with Crippen molar-refractivity contribution >= 4 is 51.0 Å². The Morgan fingerprint density at radius 1 is 1.00 bits per heavy atom. The third-order valence-corrected chi connectivity index (χ3v) is 12.7. The van der Waals surface area contributed by atoms with Gasteiger partial charge in [0.05, 0.1) is 47.9 Å². The molecule has 0 bridgehead atoms. The fraction of sp³-hybridized carbons (Fsp3) is 0.311. The number of aliphatic hydroxyl groups excluding tert-OH is 1. The van der Waals surface area contributed by atoms with Crippen molar-refractivity contribution in [2.75, 3.05) is 20.8 Å². The van der Waals surface area contributed by atoms with Gasteiger partial charge in [-0.15, -0.1) is 11.8 Å². The van der Waals surface area contributed by atoms with Crippen LogP contribution in [0.3, 0.4) is 0 Å². The molecule has 0 saturated heterocycles. The van der Waals surface area contributed by atoms with Gasteiger partial charge in [0.25, 0.3) is 0 Å². The average Bonchev–Trinajstić information content (AvgIpc) is 3.96. The normalized spacial score (nSPS) is 13.9. The molecule has 1 aliphatic rings. The highest BCUT2D eigenvalue weighted by Gasteiger charge is 2.36. The van der Waals surface area contributed by atoms with Gasteiger partial charge in [-0.05, 0) is 97.3 Å². The molecule has 4 aromatic carbocycles. The van der Waals surface area contributed by atoms with Gasteiger partial charge in [0.1, 0.15) is 23.0 Å². The van der Waals surface area contributed by atoms with Crippen molar-refractivity contribution in [2.24, 2.45) is 14.1 Å². The highest BCUT2D eigenvalue weighted by atomic mass is 35.5. The number of aliphatic hydroxyl groups is 1. The van der Waals surface area contributed by atoms with Crippen LogP contribution in [-0.2, 0) is 50.6 Å². The van der Waals surface area contributed by atoms with Gasteiger partial charge in [-0.3, -0.25) is 14.3 Å². The summed E-state index contributed by atoms with van der Waals surface area (Å²) in [6.45, 7) is 3.86. The van der Waals surface area contributed by atoms with Crippen LogP contribution in [-0.4, -0.2) is 66.0 Å². The number of aromatic hydroxyl groups is 1. The van der Waals surface area contributed by atoms with Crippen LogP contribution in [0.25, 0.3) is 32.8 Å². The summed E-state index contributed by atoms with van der Waals surface area (Å²) in [5.41, 5.74) is 8.70. The first-order valence-electron chi connectivity index (χ1n) is 19.5. The average molecular weight is 837 g/mol. The van der Waals surface area contributed by atoms with Crippen molar-refractivity contribution in [3.63, 3.8) is 0 Å². The van der Waals surface area contributed by atoms with Gasteiger partial charge >= 0.3 is 5.97 Å². The number of nitrogens with zero attached hydrogens (tertiary/aromatic N) is 6. The molecule has 1 aliphatic heterocycles. The third-order valence-electron chi connectivity index (χ3n) is 11.4. The first-order valence-corrected chi connectivity index (χ1v) is 20.9. The lowest BCUT2D eigenvalue weighted by molar-refractivity contribution is 0.0589. The Morgan fingerprint density at radius 3 is 2.53 bits per heavy atom. The molecule has 0 fully saturated rings. The van der Waals surface area contributed by atoms with Gasteiger partial charge in [-0.25, -0.2) is 9.18 Å². The molecule has 11 nitrogen and oxygen atoms in total. The van der Waals surface area contributed by atoms with Crippen molar-refractivity contribution in [1.82, 2.24) is 29.0 Å². The number of aryl methyl sites for hydroxylation is 5. The minimum Gasteiger partial charge on any atom is -0.507 e. The molecule has 7 aromatic rings. The largest absolute Gasteiger partial charge is 0.507 e. The summed E-state index contributed by atoms with van der Waals surface area (Å²) in [6, 6.07) is 22.0. The van der Waals surface area contributed by atoms with E-state index >= 15 is 0 Å². The molecule has 2 N–H and O–H groups in total. The standard InChI is InChI=1S/C45H46ClFN6O5S/c1-26-40(41-37(46)15-14-36-35(7-6-18-54)43(45(56)58-5)50(2)42(36)41)44-38(16-17-53(44)48-26)52(23-27-8-11-32(57-4)12-9-27)24-30-21-31(51(3)49-30)25-59-33-20-28-19-29(47)10-13-34(28)39(55)22-33/h8-15,19-22,38,54-55H,6-7,16-18,23-25H2,1-5H3/t38-/m1/s1. The van der Waals surface area contributed by atoms with E-state index in [0.717, 1.165) is 73.0 Å². The predicted octanol–water partition coefficient (Wildman–Crippen LogP) is 8.89. The van der Waals surface area contributed by atoms with E-state index in [1.165, 1.54) is 19.2 Å². The van der Waals surface area contributed by atoms with Crippen LogP contribution < -0.4 is 4.74 Å². The molecule has 0 saturated carbocycles. The van der Waals surface area contributed by atoms with E-state index in [1.54, 1.807) is 31.0 Å². The van der Waals surface area contributed by atoms with Gasteiger partial charge in [0.2, 0.25) is 0 Å². The zero-order valence-corrected chi connectivity index (χ0v) is 35.2. The zero-order valence-electron chi connectivity index (χ0n) is 33.6. The van der Waals surface area contributed by atoms with E-state index in [0.29, 0.717) is 59.7 Å². The fourth-order valence-electron chi connectivity index (χ4n) is 8.63. The van der Waals surface area contributed by atoms with E-state index in [1.807, 2.05) is 60.6 Å². The SMILES string of the molecule is COC(=O)c1c(CCCO)c2ccc(Cl)c(-c3c(C)nn4c3[C@H](N(Cc3ccc(OC)cc3)Cc3cc(CSc5cc(O)c6ccc(F)cc6c5)n(C)n3)CC4)c2n1C. The number of methoxy groups -OCH3 is 2. The number of hydrogen-bond acceptors (Lipinski definition) is 9. The van der Waals surface area contributed by atoms with E-state index in [4.69, 9.17) is 31.3 Å². The van der Waals surface area contributed by atoms with Crippen LogP contribution >= 0.6 is 23.4 Å². The molecule has 0 spiro atoms. The van der Waals surface area contributed by atoms with Crippen LogP contribution in [0.2, 0.25) is 5.02 Å². The number of aromatic nitrogens is 5. The van der Waals surface area contributed by atoms with Crippen LogP contribution in [0, 0.1) is 12.7 Å². The minimum absolute atomic E-state index is 0.00685. The van der Waals surface area contributed by atoms with Gasteiger partial charge in [-0.1, -0.05) is 29.8 Å². The molecule has 8 rings (SSSR count). The maximum Gasteiger partial charge on any atom is 0.354 e. The van der Waals surface area contributed by atoms with Crippen molar-refractivity contribution in [2.45, 2.75) is 62.5 Å². The van der Waals surface area contributed by atoms with Gasteiger partial charge in [0, 0.05) is 78.6 Å². The van der Waals surface area contributed by atoms with Crippen LogP contribution in [0.4, 0.5) is 4.39 Å². The molecule has 0 amide bonds. The Morgan fingerprint density at radius 2 is 1.78 bits per heavy atom. The summed E-state index contributed by atoms with van der Waals surface area (Å²) in [7, 11) is 6.84. The number of rotatable bonds is 14. The van der Waals surface area contributed by atoms with Crippen molar-refractivity contribution < 1.29 is 28.9 Å². The predicted molar refractivity (Wildman–Crippen MR) is 229 cm³/mol. The Labute approximate surface area is 350 Å². The fourth-order valence-corrected chi connectivity index (χ4v) is 9.86. The summed E-state index contributed by atoms with van der Waals surface area (Å²) in [6.07, 6.45) is 1.80. The Hall–Kier alpha value is -5.34. The molecule has 3 aromatic heterocycles. The number of ether oxygens (including phenoxy) is 2. The van der Waals surface area contributed by atoms with E-state index in [2.05, 4.69) is 27.8 Å². The van der Waals surface area contributed by atoms with Crippen molar-refractivity contribution in [1.29, 1.82) is 0 Å². The quantitative estimate of drug-likeness (QED) is 0.0818. The molecule has 14 heteroatoms. The first kappa shape index (κ1) is 40.4. The zero-order chi connectivity index (χ0) is 41.5. The summed E-state index contributed by atoms with van der Waals surface area (Å²) >= 11 is 8.75. The number of esters is 1. The summed E-state index contributed by atoms with van der Waals surface area (Å²) < 4.78 is 30.6. The second-order valence-electron chi connectivity index (χ2n) is 15.0. The topological polar surface area (TPSA) is 120 Å². The molecular weight excluding hydrogens is 791 g/mol. The molecule has 1 atom stereocenters. The lowest BCUT2D eigenvalue weighted by Crippen LogP contribution is -2.27. The molecular formula is C45H46ClFN6O5S. The Bertz CT molecular complexity index is 2710. The lowest BCUT2D eigenvalue weighted by Gasteiger charge is -2.29. The summed E-state index contributed by atoms with van der Waals surface area (Å²) in [5, 5.41) is 33.2. The lowest BCUT2D eigenvalue weighted by atomic mass is 9.95. The maximum atomic E-state index is 14.0. The van der Waals surface area contributed by atoms with Crippen LogP contribution in [0.15, 0.2) is 77.7 Å². The number of carbonyl (C=O) groups excluding carboxylic acids is 1. The Kier molecular flexibility index (Phi) is 11.5. The van der Waals surface area contributed by atoms with Crippen molar-refractivity contribution in [3.05, 3.63) is 123 Å². The van der Waals surface area contributed by atoms with E-state index in [9.17, 15) is 19.4 Å². The summed E-state index contributed by atoms with van der Waals surface area (Å²) in [5.74, 6) is 0.695. The van der Waals surface area contributed by atoms with E-state index < -0.39 is 5.97 Å². The second-order valence-corrected chi connectivity index (χ2v) is 16.5. The number of hydrogen-bond donors (Lipinski definition) is 2. The Balaban J connectivity index is 1.17. The first-order chi connectivity index (χ1) is 28.5. The van der Waals surface area contributed by atoms with Gasteiger partial charge in [0.15, 0.2) is 0 Å². The highest BCUT2D eigenvalue weighted by molar-refractivity contribution is 7.98.